The van der Waals surface area contributed by atoms with Gasteiger partial charge in [0.05, 0.1) is 41.6 Å². The number of fused-ring (bicyclic) bond motifs is 14. The van der Waals surface area contributed by atoms with Crippen LogP contribution in [0.1, 0.15) is 104 Å². The molecule has 1 amide bonds. The number of methoxy groups -OCH3 is 1. The van der Waals surface area contributed by atoms with E-state index in [1.54, 1.807) is 46.2 Å². The number of aromatic hydroxyl groups is 1. The van der Waals surface area contributed by atoms with Crippen LogP contribution in [0.4, 0.5) is 0 Å². The van der Waals surface area contributed by atoms with E-state index < -0.39 is 106 Å². The van der Waals surface area contributed by atoms with Crippen LogP contribution in [0.25, 0.3) is 0 Å². The van der Waals surface area contributed by atoms with Crippen molar-refractivity contribution in [1.82, 2.24) is 15.6 Å². The van der Waals surface area contributed by atoms with E-state index in [0.717, 1.165) is 32.4 Å². The number of likely N-dealkylation sites (tertiary alicyclic amines) is 1. The first-order chi connectivity index (χ1) is 28.3. The molecule has 16 heteroatoms. The van der Waals surface area contributed by atoms with Gasteiger partial charge in [0, 0.05) is 81.0 Å². The Labute approximate surface area is 351 Å². The Morgan fingerprint density at radius 1 is 0.983 bits per heavy atom. The highest BCUT2D eigenvalue weighted by atomic mass is 16.7. The largest absolute Gasteiger partial charge is 0.507 e. The maximum atomic E-state index is 14.7. The molecule has 1 fully saturated rings. The highest BCUT2D eigenvalue weighted by Crippen LogP contribution is 2.49. The second kappa shape index (κ2) is 19.1. The Kier molecular flexibility index (Phi) is 14.7. The molecule has 0 radical (unpaired) electrons. The van der Waals surface area contributed by atoms with E-state index >= 15 is 0 Å². The number of aliphatic hydroxyl groups is 2. The number of ether oxygens (including phenoxy) is 4. The quantitative estimate of drug-likeness (QED) is 0.119. The number of Topliss-reactive ketones (excluding diaryl/α,β-unsaturated/α-hetero) is 3. The van der Waals surface area contributed by atoms with E-state index in [1.165, 1.54) is 53.2 Å². The van der Waals surface area contributed by atoms with Crippen LogP contribution >= 0.6 is 0 Å². The molecule has 5 N–H and O–H groups in total. The number of hydrazone groups is 1. The van der Waals surface area contributed by atoms with Crippen LogP contribution in [0, 0.1) is 36.5 Å². The first kappa shape index (κ1) is 46.0. The number of piperidine rings is 1. The number of carbonyl (C=O) groups excluding carboxylic acids is 5. The number of hydrogen-bond acceptors (Lipinski definition) is 14. The van der Waals surface area contributed by atoms with Crippen molar-refractivity contribution in [3.05, 3.63) is 58.4 Å². The van der Waals surface area contributed by atoms with Gasteiger partial charge in [-0.1, -0.05) is 45.9 Å². The Hall–Kier alpha value is -5.06. The molecule has 60 heavy (non-hydrogen) atoms. The summed E-state index contributed by atoms with van der Waals surface area (Å²) in [6.07, 6.45) is 8.26. The van der Waals surface area contributed by atoms with Gasteiger partial charge in [0.15, 0.2) is 11.6 Å². The van der Waals surface area contributed by atoms with Crippen LogP contribution in [0.2, 0.25) is 0 Å². The number of amides is 1. The maximum Gasteiger partial charge on any atom is 0.312 e. The summed E-state index contributed by atoms with van der Waals surface area (Å²) in [6, 6.07) is -1.46. The summed E-state index contributed by atoms with van der Waals surface area (Å²) in [6.45, 7) is 13.9. The van der Waals surface area contributed by atoms with Gasteiger partial charge in [-0.2, -0.15) is 5.10 Å². The molecule has 1 saturated heterocycles. The summed E-state index contributed by atoms with van der Waals surface area (Å²) >= 11 is 0. The zero-order valence-electron chi connectivity index (χ0n) is 35.9. The molecule has 4 aliphatic heterocycles. The fourth-order valence-electron chi connectivity index (χ4n) is 8.54. The number of carbonyl (C=O) groups is 5. The number of phenols is 1. The molecule has 0 spiro atoms. The maximum absolute atomic E-state index is 14.7. The average Bonchev–Trinajstić information content (AvgIpc) is 3.48. The molecule has 1 aromatic rings. The lowest BCUT2D eigenvalue weighted by Gasteiger charge is -2.38. The summed E-state index contributed by atoms with van der Waals surface area (Å²) in [7, 11) is 1.43. The fraction of sp³-hybridized carbons (Fsp3) is 0.591. The SMILES string of the molecule is CO[C@H]1/C=C/O[C@@]2(C)Oc3c(C)c(O)c4c(c3C2=O)C(=O)C(CN/N=C/N2CCCCC2)C(NC(=O)/C(C)=C\C=C\[C@@H](C)[C@H](O)[C@@H](C)[C@H](O)[C@H](C)[C@H](OC(C)=O)[C@@H]1C)C4=O. The van der Waals surface area contributed by atoms with Crippen LogP contribution in [-0.2, 0) is 23.8 Å². The summed E-state index contributed by atoms with van der Waals surface area (Å²) in [4.78, 5) is 71.7. The molecule has 0 aromatic heterocycles. The number of nitrogens with zero attached hydrogens (tertiary/aromatic N) is 2. The summed E-state index contributed by atoms with van der Waals surface area (Å²) in [5.41, 5.74) is 2.05. The topological polar surface area (TPSA) is 223 Å². The number of esters is 1. The lowest BCUT2D eigenvalue weighted by Crippen LogP contribution is -2.55. The molecular weight excluding hydrogens is 776 g/mol. The fourth-order valence-corrected chi connectivity index (χ4v) is 8.54. The molecule has 1 aromatic carbocycles. The van der Waals surface area contributed by atoms with Gasteiger partial charge in [-0.15, -0.1) is 0 Å². The summed E-state index contributed by atoms with van der Waals surface area (Å²) in [5, 5.41) is 41.4. The number of rotatable bonds is 6. The van der Waals surface area contributed by atoms with E-state index in [4.69, 9.17) is 18.9 Å². The standard InChI is InChI=1S/C44H60N4O12/c1-22-14-13-15-23(2)43(56)47-34-29(20-45-46-21-48-17-11-10-12-18-48)38(53)31-32(39(34)54)37(52)27(6)41-33(31)42(55)44(8,60-41)58-19-16-30(57-9)24(3)40(59-28(7)49)26(5)36(51)25(4)35(22)50/h13-16,19,21-22,24-26,29-30,34-36,40,45,50-52H,10-12,17-18,20H2,1-9H3,(H,47,56)/b14-13+,19-16+,23-15-,46-21+/t22-,24-,25-,26+,29?,30+,34?,35+,36+,40-,44+/m1/s1. The van der Waals surface area contributed by atoms with E-state index in [1.807, 2.05) is 4.90 Å². The van der Waals surface area contributed by atoms with Crippen LogP contribution in [-0.4, -0.2) is 119 Å². The van der Waals surface area contributed by atoms with Gasteiger partial charge in [-0.3, -0.25) is 24.0 Å². The molecule has 5 aliphatic rings. The highest BCUT2D eigenvalue weighted by molar-refractivity contribution is 6.26. The van der Waals surface area contributed by atoms with Crippen LogP contribution in [0.3, 0.4) is 0 Å². The third-order valence-corrected chi connectivity index (χ3v) is 12.4. The van der Waals surface area contributed by atoms with Gasteiger partial charge >= 0.3 is 11.8 Å². The smallest absolute Gasteiger partial charge is 0.312 e. The van der Waals surface area contributed by atoms with Gasteiger partial charge in [-0.05, 0) is 39.2 Å². The molecule has 16 nitrogen and oxygen atoms in total. The number of nitrogens with one attached hydrogen (secondary N) is 2. The van der Waals surface area contributed by atoms with Crippen molar-refractivity contribution in [3.63, 3.8) is 0 Å². The van der Waals surface area contributed by atoms with Crippen LogP contribution in [0.15, 0.2) is 41.2 Å². The molecule has 1 aliphatic carbocycles. The number of allylic oxidation sites excluding steroid dienone is 2. The molecule has 328 valence electrons. The van der Waals surface area contributed by atoms with E-state index in [9.17, 15) is 39.3 Å². The Morgan fingerprint density at radius 2 is 1.67 bits per heavy atom. The number of hydrogen-bond donors (Lipinski definition) is 5. The van der Waals surface area contributed by atoms with Crippen molar-refractivity contribution in [2.24, 2.45) is 34.7 Å². The van der Waals surface area contributed by atoms with Crippen molar-refractivity contribution >= 4 is 35.6 Å². The predicted molar refractivity (Wildman–Crippen MR) is 220 cm³/mol. The third kappa shape index (κ3) is 9.30. The minimum Gasteiger partial charge on any atom is -0.507 e. The molecule has 4 heterocycles. The molecular formula is C44H60N4O12. The van der Waals surface area contributed by atoms with Gasteiger partial charge < -0.3 is 49.9 Å². The lowest BCUT2D eigenvalue weighted by atomic mass is 9.74. The Bertz CT molecular complexity index is 1950. The normalized spacial score (nSPS) is 34.9. The van der Waals surface area contributed by atoms with Crippen LogP contribution < -0.4 is 15.5 Å². The monoisotopic (exact) mass is 836 g/mol. The number of benzene rings is 1. The van der Waals surface area contributed by atoms with Gasteiger partial charge in [-0.25, -0.2) is 0 Å². The first-order valence-corrected chi connectivity index (χ1v) is 20.6. The van der Waals surface area contributed by atoms with Crippen LogP contribution in [0.5, 0.6) is 11.5 Å². The van der Waals surface area contributed by atoms with Gasteiger partial charge in [0.25, 0.3) is 5.78 Å². The second-order valence-corrected chi connectivity index (χ2v) is 16.7. The highest BCUT2D eigenvalue weighted by Gasteiger charge is 2.54. The number of aliphatic hydroxyl groups excluding tert-OH is 2. The number of ketones is 3. The van der Waals surface area contributed by atoms with E-state index in [2.05, 4.69) is 15.8 Å². The minimum atomic E-state index is -2.07. The Morgan fingerprint density at radius 3 is 2.32 bits per heavy atom. The predicted octanol–water partition coefficient (Wildman–Crippen LogP) is 3.75. The second-order valence-electron chi connectivity index (χ2n) is 16.7. The Balaban J connectivity index is 1.60. The zero-order valence-corrected chi connectivity index (χ0v) is 35.9. The van der Waals surface area contributed by atoms with E-state index in [-0.39, 0.29) is 34.6 Å². The van der Waals surface area contributed by atoms with Crippen molar-refractivity contribution in [3.8, 4) is 11.5 Å². The third-order valence-electron chi connectivity index (χ3n) is 12.4. The lowest BCUT2D eigenvalue weighted by molar-refractivity contribution is -0.160. The van der Waals surface area contributed by atoms with E-state index in [0.29, 0.717) is 0 Å². The number of phenolic OH excluding ortho intramolecular Hbond substituents is 1. The molecule has 11 atom stereocenters. The molecule has 0 saturated carbocycles. The van der Waals surface area contributed by atoms with Gasteiger partial charge in [0.2, 0.25) is 5.91 Å². The molecule has 6 rings (SSSR count). The molecule has 2 unspecified atom stereocenters. The van der Waals surface area contributed by atoms with Crippen molar-refractivity contribution in [1.29, 1.82) is 0 Å². The van der Waals surface area contributed by atoms with Gasteiger partial charge in [0.1, 0.15) is 30.0 Å². The minimum absolute atomic E-state index is 0.0137. The first-order valence-electron chi connectivity index (χ1n) is 20.6. The molecule has 5 bridgehead atoms. The van der Waals surface area contributed by atoms with Crippen molar-refractivity contribution < 1.29 is 58.2 Å². The summed E-state index contributed by atoms with van der Waals surface area (Å²) in [5.74, 6) is -10.1. The van der Waals surface area contributed by atoms with Crippen molar-refractivity contribution in [2.45, 2.75) is 111 Å². The summed E-state index contributed by atoms with van der Waals surface area (Å²) < 4.78 is 23.5. The average molecular weight is 837 g/mol. The zero-order chi connectivity index (χ0) is 44.2. The van der Waals surface area contributed by atoms with Crippen molar-refractivity contribution in [2.75, 3.05) is 26.7 Å².